The summed E-state index contributed by atoms with van der Waals surface area (Å²) in [6, 6.07) is 7.83. The van der Waals surface area contributed by atoms with E-state index < -0.39 is 0 Å². The van der Waals surface area contributed by atoms with Gasteiger partial charge in [-0.15, -0.1) is 0 Å². The molecule has 0 fully saturated rings. The molecule has 2 aliphatic rings. The molecule has 0 aliphatic carbocycles. The number of para-hydroxylation sites is 1. The van der Waals surface area contributed by atoms with Gasteiger partial charge < -0.3 is 14.4 Å². The van der Waals surface area contributed by atoms with Crippen molar-refractivity contribution in [2.75, 3.05) is 6.61 Å². The summed E-state index contributed by atoms with van der Waals surface area (Å²) in [7, 11) is 0. The van der Waals surface area contributed by atoms with Gasteiger partial charge in [-0.1, -0.05) is 18.2 Å². The van der Waals surface area contributed by atoms with Crippen LogP contribution in [0.1, 0.15) is 5.56 Å². The highest BCUT2D eigenvalue weighted by Gasteiger charge is 2.26. The smallest absolute Gasteiger partial charge is 0.228 e. The Balaban J connectivity index is 1.82. The second-order valence-electron chi connectivity index (χ2n) is 3.42. The average molecular weight is 206 g/mol. The molecule has 0 saturated carbocycles. The van der Waals surface area contributed by atoms with Gasteiger partial charge in [-0.25, -0.2) is 0 Å². The van der Waals surface area contributed by atoms with Gasteiger partial charge in [-0.05, 0) is 6.07 Å². The Bertz CT molecular complexity index is 399. The van der Waals surface area contributed by atoms with E-state index in [2.05, 4.69) is 4.89 Å². The van der Waals surface area contributed by atoms with Crippen LogP contribution < -0.4 is 4.74 Å². The van der Waals surface area contributed by atoms with Crippen molar-refractivity contribution in [2.45, 2.75) is 12.9 Å². The van der Waals surface area contributed by atoms with Crippen molar-refractivity contribution in [2.24, 2.45) is 0 Å². The standard InChI is InChI=1S/C11H10O4/c1-2-4-10-8(3-1)5-12-11(15-10)9-6-13-14-7-9/h1-4,6,11H,5,7H2. The van der Waals surface area contributed by atoms with Crippen LogP contribution in [0.3, 0.4) is 0 Å². The molecule has 15 heavy (non-hydrogen) atoms. The van der Waals surface area contributed by atoms with Crippen LogP contribution in [-0.2, 0) is 21.1 Å². The van der Waals surface area contributed by atoms with Gasteiger partial charge >= 0.3 is 0 Å². The molecule has 0 amide bonds. The van der Waals surface area contributed by atoms with Gasteiger partial charge in [0.05, 0.1) is 12.2 Å². The predicted molar refractivity (Wildman–Crippen MR) is 50.8 cm³/mol. The average Bonchev–Trinajstić information content (AvgIpc) is 2.82. The van der Waals surface area contributed by atoms with E-state index in [9.17, 15) is 0 Å². The molecule has 0 saturated heterocycles. The van der Waals surface area contributed by atoms with E-state index in [1.807, 2.05) is 24.3 Å². The summed E-state index contributed by atoms with van der Waals surface area (Å²) < 4.78 is 11.2. The summed E-state index contributed by atoms with van der Waals surface area (Å²) >= 11 is 0. The first-order valence-electron chi connectivity index (χ1n) is 4.77. The van der Waals surface area contributed by atoms with Crippen molar-refractivity contribution < 1.29 is 19.2 Å². The summed E-state index contributed by atoms with van der Waals surface area (Å²) in [6.07, 6.45) is 1.14. The van der Waals surface area contributed by atoms with Crippen LogP contribution in [0.2, 0.25) is 0 Å². The maximum atomic E-state index is 5.67. The molecular weight excluding hydrogens is 196 g/mol. The summed E-state index contributed by atoms with van der Waals surface area (Å²) in [4.78, 5) is 9.42. The first-order valence-corrected chi connectivity index (χ1v) is 4.77. The second kappa shape index (κ2) is 3.56. The zero-order valence-electron chi connectivity index (χ0n) is 8.01. The molecule has 4 nitrogen and oxygen atoms in total. The topological polar surface area (TPSA) is 36.9 Å². The Hall–Kier alpha value is -1.52. The zero-order valence-corrected chi connectivity index (χ0v) is 8.01. The number of benzene rings is 1. The van der Waals surface area contributed by atoms with Gasteiger partial charge in [0.25, 0.3) is 0 Å². The Morgan fingerprint density at radius 2 is 2.07 bits per heavy atom. The maximum Gasteiger partial charge on any atom is 0.228 e. The van der Waals surface area contributed by atoms with Crippen LogP contribution in [0.5, 0.6) is 5.75 Å². The SMILES string of the molecule is C1=C(C2OCc3ccccc3O2)COO1. The Morgan fingerprint density at radius 1 is 1.13 bits per heavy atom. The molecule has 3 rings (SSSR count). The first-order chi connectivity index (χ1) is 7.43. The fraction of sp³-hybridized carbons (Fsp3) is 0.273. The molecule has 2 heterocycles. The zero-order chi connectivity index (χ0) is 10.1. The van der Waals surface area contributed by atoms with Crippen molar-refractivity contribution in [3.05, 3.63) is 41.7 Å². The van der Waals surface area contributed by atoms with Gasteiger partial charge in [0.2, 0.25) is 6.29 Å². The third-order valence-corrected chi connectivity index (χ3v) is 2.39. The van der Waals surface area contributed by atoms with E-state index in [0.29, 0.717) is 13.2 Å². The molecule has 1 unspecified atom stereocenters. The fourth-order valence-electron chi connectivity index (χ4n) is 1.59. The number of ether oxygens (including phenoxy) is 2. The molecule has 78 valence electrons. The first kappa shape index (κ1) is 8.76. The van der Waals surface area contributed by atoms with Crippen molar-refractivity contribution in [1.82, 2.24) is 0 Å². The molecule has 0 N–H and O–H groups in total. The molecule has 0 radical (unpaired) electrons. The lowest BCUT2D eigenvalue weighted by atomic mass is 10.2. The lowest BCUT2D eigenvalue weighted by Gasteiger charge is -2.25. The summed E-state index contributed by atoms with van der Waals surface area (Å²) in [5, 5.41) is 0. The Labute approximate surface area is 86.9 Å². The molecule has 1 aromatic rings. The highest BCUT2D eigenvalue weighted by Crippen LogP contribution is 2.29. The van der Waals surface area contributed by atoms with Crippen LogP contribution in [0, 0.1) is 0 Å². The molecule has 0 bridgehead atoms. The van der Waals surface area contributed by atoms with E-state index in [0.717, 1.165) is 16.9 Å². The molecule has 1 atom stereocenters. The van der Waals surface area contributed by atoms with E-state index in [4.69, 9.17) is 14.4 Å². The number of hydrogen-bond acceptors (Lipinski definition) is 4. The molecule has 0 aromatic heterocycles. The normalized spacial score (nSPS) is 23.7. The van der Waals surface area contributed by atoms with Crippen LogP contribution >= 0.6 is 0 Å². The minimum atomic E-state index is -0.387. The van der Waals surface area contributed by atoms with E-state index in [1.165, 1.54) is 6.26 Å². The number of fused-ring (bicyclic) bond motifs is 1. The van der Waals surface area contributed by atoms with Crippen LogP contribution in [0.25, 0.3) is 0 Å². The van der Waals surface area contributed by atoms with Crippen molar-refractivity contribution in [1.29, 1.82) is 0 Å². The molecule has 4 heteroatoms. The quantitative estimate of drug-likeness (QED) is 0.656. The van der Waals surface area contributed by atoms with Crippen LogP contribution in [0.4, 0.5) is 0 Å². The van der Waals surface area contributed by atoms with E-state index in [1.54, 1.807) is 0 Å². The van der Waals surface area contributed by atoms with Crippen molar-refractivity contribution in [3.63, 3.8) is 0 Å². The van der Waals surface area contributed by atoms with Crippen LogP contribution in [-0.4, -0.2) is 12.9 Å². The number of hydrogen-bond donors (Lipinski definition) is 0. The lowest BCUT2D eigenvalue weighted by Crippen LogP contribution is -2.28. The number of rotatable bonds is 1. The lowest BCUT2D eigenvalue weighted by molar-refractivity contribution is -0.223. The van der Waals surface area contributed by atoms with Gasteiger partial charge in [-0.3, -0.25) is 0 Å². The summed E-state index contributed by atoms with van der Waals surface area (Å²) in [6.45, 7) is 0.949. The van der Waals surface area contributed by atoms with Gasteiger partial charge in [0.1, 0.15) is 18.6 Å². The maximum absolute atomic E-state index is 5.67. The third-order valence-electron chi connectivity index (χ3n) is 2.39. The van der Waals surface area contributed by atoms with Crippen LogP contribution in [0.15, 0.2) is 36.1 Å². The van der Waals surface area contributed by atoms with Gasteiger partial charge in [0.15, 0.2) is 0 Å². The Morgan fingerprint density at radius 3 is 2.93 bits per heavy atom. The van der Waals surface area contributed by atoms with Crippen molar-refractivity contribution in [3.8, 4) is 5.75 Å². The summed E-state index contributed by atoms with van der Waals surface area (Å²) in [5.74, 6) is 0.863. The second-order valence-corrected chi connectivity index (χ2v) is 3.42. The molecular formula is C11H10O4. The molecule has 1 aromatic carbocycles. The molecule has 2 aliphatic heterocycles. The Kier molecular flexibility index (Phi) is 2.08. The van der Waals surface area contributed by atoms with Crippen molar-refractivity contribution >= 4 is 0 Å². The summed E-state index contributed by atoms with van der Waals surface area (Å²) in [5.41, 5.74) is 1.93. The fourth-order valence-corrected chi connectivity index (χ4v) is 1.59. The highest BCUT2D eigenvalue weighted by atomic mass is 17.2. The van der Waals surface area contributed by atoms with Gasteiger partial charge in [-0.2, -0.15) is 4.89 Å². The van der Waals surface area contributed by atoms with Gasteiger partial charge in [0, 0.05) is 5.56 Å². The predicted octanol–water partition coefficient (Wildman–Crippen LogP) is 1.77. The minimum Gasteiger partial charge on any atom is -0.460 e. The molecule has 0 spiro atoms. The van der Waals surface area contributed by atoms with E-state index in [-0.39, 0.29) is 6.29 Å². The third kappa shape index (κ3) is 1.58. The highest BCUT2D eigenvalue weighted by molar-refractivity contribution is 5.34. The van der Waals surface area contributed by atoms with E-state index >= 15 is 0 Å². The largest absolute Gasteiger partial charge is 0.460 e. The minimum absolute atomic E-state index is 0.387. The monoisotopic (exact) mass is 206 g/mol.